The third kappa shape index (κ3) is 4.03. The molecular weight excluding hydrogens is 434 g/mol. The fraction of sp³-hybridized carbons (Fsp3) is 0.250. The molecule has 0 spiro atoms. The molecule has 0 atom stereocenters. The van der Waals surface area contributed by atoms with E-state index < -0.39 is 0 Å². The van der Waals surface area contributed by atoms with Crippen molar-refractivity contribution in [1.82, 2.24) is 4.57 Å². The molecule has 172 valence electrons. The molecule has 5 aromatic rings. The molecule has 0 saturated heterocycles. The summed E-state index contributed by atoms with van der Waals surface area (Å²) < 4.78 is 2.36. The normalized spacial score (nSPS) is 12.6. The van der Waals surface area contributed by atoms with Crippen LogP contribution in [0.25, 0.3) is 38.6 Å². The molecule has 0 bridgehead atoms. The van der Waals surface area contributed by atoms with Crippen molar-refractivity contribution in [2.24, 2.45) is 0 Å². The fourth-order valence-electron chi connectivity index (χ4n) is 4.73. The van der Waals surface area contributed by atoms with Gasteiger partial charge in [-0.2, -0.15) is 0 Å². The summed E-state index contributed by atoms with van der Waals surface area (Å²) in [6.45, 7) is 13.6. The van der Waals surface area contributed by atoms with Gasteiger partial charge in [-0.25, -0.2) is 0 Å². The summed E-state index contributed by atoms with van der Waals surface area (Å²) in [4.78, 5) is 0. The lowest BCUT2D eigenvalue weighted by atomic mass is 9.85. The Bertz CT molecular complexity index is 1440. The molecule has 5 rings (SSSR count). The number of benzene rings is 4. The van der Waals surface area contributed by atoms with E-state index in [2.05, 4.69) is 119 Å². The number of fused-ring (bicyclic) bond motifs is 3. The Balaban J connectivity index is 1.85. The van der Waals surface area contributed by atoms with Gasteiger partial charge < -0.3 is 4.57 Å². The third-order valence-corrected chi connectivity index (χ3v) is 6.96. The maximum Gasteiger partial charge on any atom is 0.0541 e. The first-order valence-corrected chi connectivity index (χ1v) is 12.4. The minimum atomic E-state index is 0.0841. The van der Waals surface area contributed by atoms with Crippen molar-refractivity contribution in [1.29, 1.82) is 0 Å². The van der Waals surface area contributed by atoms with Crippen molar-refractivity contribution in [3.8, 4) is 16.8 Å². The summed E-state index contributed by atoms with van der Waals surface area (Å²) in [6.07, 6.45) is 0. The number of rotatable bonds is 2. The highest BCUT2D eigenvalue weighted by atomic mass is 35.5. The zero-order valence-corrected chi connectivity index (χ0v) is 21.7. The molecule has 1 nitrogen and oxygen atoms in total. The van der Waals surface area contributed by atoms with Gasteiger partial charge in [0, 0.05) is 21.5 Å². The number of nitrogens with zero attached hydrogens (tertiary/aromatic N) is 1. The molecule has 0 N–H and O–H groups in total. The summed E-state index contributed by atoms with van der Waals surface area (Å²) >= 11 is 6.68. The first-order chi connectivity index (χ1) is 16.0. The molecule has 0 aliphatic rings. The molecule has 0 aliphatic heterocycles. The zero-order chi connectivity index (χ0) is 24.3. The van der Waals surface area contributed by atoms with Gasteiger partial charge in [0.2, 0.25) is 0 Å². The van der Waals surface area contributed by atoms with Crippen molar-refractivity contribution >= 4 is 33.4 Å². The van der Waals surface area contributed by atoms with Crippen molar-refractivity contribution < 1.29 is 0 Å². The largest absolute Gasteiger partial charge is 0.309 e. The van der Waals surface area contributed by atoms with Crippen LogP contribution >= 0.6 is 11.6 Å². The molecule has 0 aliphatic carbocycles. The Morgan fingerprint density at radius 1 is 0.559 bits per heavy atom. The summed E-state index contributed by atoms with van der Waals surface area (Å²) in [5.74, 6) is 0. The highest BCUT2D eigenvalue weighted by Crippen LogP contribution is 2.38. The van der Waals surface area contributed by atoms with Crippen LogP contribution < -0.4 is 0 Å². The van der Waals surface area contributed by atoms with Crippen molar-refractivity contribution in [2.75, 3.05) is 0 Å². The molecule has 0 unspecified atom stereocenters. The molecule has 2 heteroatoms. The van der Waals surface area contributed by atoms with Crippen molar-refractivity contribution in [3.05, 3.63) is 101 Å². The van der Waals surface area contributed by atoms with Crippen LogP contribution in [-0.4, -0.2) is 4.57 Å². The molecule has 1 aromatic heterocycles. The lowest BCUT2D eigenvalue weighted by molar-refractivity contribution is 0.590. The van der Waals surface area contributed by atoms with Crippen LogP contribution in [0.2, 0.25) is 5.02 Å². The Morgan fingerprint density at radius 2 is 1.09 bits per heavy atom. The second kappa shape index (κ2) is 8.03. The molecule has 1 heterocycles. The van der Waals surface area contributed by atoms with E-state index in [-0.39, 0.29) is 10.8 Å². The number of hydrogen-bond acceptors (Lipinski definition) is 0. The number of halogens is 1. The van der Waals surface area contributed by atoms with Gasteiger partial charge in [-0.1, -0.05) is 95.6 Å². The summed E-state index contributed by atoms with van der Waals surface area (Å²) in [6, 6.07) is 30.6. The monoisotopic (exact) mass is 465 g/mol. The van der Waals surface area contributed by atoms with Crippen LogP contribution in [0.1, 0.15) is 52.7 Å². The van der Waals surface area contributed by atoms with Gasteiger partial charge in [-0.15, -0.1) is 0 Å². The van der Waals surface area contributed by atoms with Gasteiger partial charge in [0.25, 0.3) is 0 Å². The molecule has 0 saturated carbocycles. The van der Waals surface area contributed by atoms with E-state index in [1.165, 1.54) is 32.9 Å². The van der Waals surface area contributed by atoms with E-state index in [1.807, 2.05) is 12.1 Å². The highest BCUT2D eigenvalue weighted by Gasteiger charge is 2.21. The van der Waals surface area contributed by atoms with E-state index in [4.69, 9.17) is 11.6 Å². The van der Waals surface area contributed by atoms with Gasteiger partial charge in [0.05, 0.1) is 11.0 Å². The van der Waals surface area contributed by atoms with E-state index in [0.29, 0.717) is 0 Å². The minimum Gasteiger partial charge on any atom is -0.309 e. The van der Waals surface area contributed by atoms with Crippen LogP contribution in [0.5, 0.6) is 0 Å². The number of aromatic nitrogens is 1. The van der Waals surface area contributed by atoms with E-state index in [0.717, 1.165) is 21.8 Å². The average molecular weight is 466 g/mol. The maximum absolute atomic E-state index is 6.68. The van der Waals surface area contributed by atoms with Crippen molar-refractivity contribution in [2.45, 2.75) is 52.4 Å². The van der Waals surface area contributed by atoms with E-state index >= 15 is 0 Å². The van der Waals surface area contributed by atoms with Crippen LogP contribution in [0.4, 0.5) is 0 Å². The predicted molar refractivity (Wildman–Crippen MR) is 149 cm³/mol. The maximum atomic E-state index is 6.68. The smallest absolute Gasteiger partial charge is 0.0541 e. The highest BCUT2D eigenvalue weighted by molar-refractivity contribution is 6.31. The second-order valence-electron chi connectivity index (χ2n) is 11.4. The molecule has 34 heavy (non-hydrogen) atoms. The average Bonchev–Trinajstić information content (AvgIpc) is 3.11. The SMILES string of the molecule is CC(C)(C)c1ccc2c(c1)c1cc(C(C)(C)C)ccc1n2-c1cc(Cl)cc(-c2ccccc2)c1. The molecule has 0 fully saturated rings. The Kier molecular flexibility index (Phi) is 5.37. The Labute approximate surface area is 208 Å². The Hall–Kier alpha value is -3.03. The van der Waals surface area contributed by atoms with Crippen LogP contribution in [0.3, 0.4) is 0 Å². The summed E-state index contributed by atoms with van der Waals surface area (Å²) in [5.41, 5.74) is 8.63. The van der Waals surface area contributed by atoms with Crippen LogP contribution in [0, 0.1) is 0 Å². The first kappa shape index (κ1) is 22.7. The van der Waals surface area contributed by atoms with Crippen molar-refractivity contribution in [3.63, 3.8) is 0 Å². The topological polar surface area (TPSA) is 4.93 Å². The van der Waals surface area contributed by atoms with Gasteiger partial charge in [0.1, 0.15) is 0 Å². The fourth-order valence-corrected chi connectivity index (χ4v) is 4.96. The third-order valence-electron chi connectivity index (χ3n) is 6.75. The molecule has 4 aromatic carbocycles. The quantitative estimate of drug-likeness (QED) is 0.244. The van der Waals surface area contributed by atoms with Gasteiger partial charge in [-0.05, 0) is 75.5 Å². The first-order valence-electron chi connectivity index (χ1n) is 12.0. The zero-order valence-electron chi connectivity index (χ0n) is 20.9. The Morgan fingerprint density at radius 3 is 1.59 bits per heavy atom. The molecule has 0 radical (unpaired) electrons. The lowest BCUT2D eigenvalue weighted by Crippen LogP contribution is -2.10. The van der Waals surface area contributed by atoms with Crippen LogP contribution in [-0.2, 0) is 10.8 Å². The molecular formula is C32H32ClN. The van der Waals surface area contributed by atoms with Crippen LogP contribution in [0.15, 0.2) is 84.9 Å². The van der Waals surface area contributed by atoms with Gasteiger partial charge in [-0.3, -0.25) is 0 Å². The van der Waals surface area contributed by atoms with Gasteiger partial charge in [0.15, 0.2) is 0 Å². The standard InChI is InChI=1S/C32H32ClN/c1-31(2,3)23-12-14-29-27(18-23)28-19-24(32(4,5)6)13-15-30(28)34(29)26-17-22(16-25(33)20-26)21-10-8-7-9-11-21/h7-20H,1-6H3. The summed E-state index contributed by atoms with van der Waals surface area (Å²) in [7, 11) is 0. The molecule has 0 amide bonds. The second-order valence-corrected chi connectivity index (χ2v) is 11.8. The summed E-state index contributed by atoms with van der Waals surface area (Å²) in [5, 5.41) is 3.31. The minimum absolute atomic E-state index is 0.0841. The van der Waals surface area contributed by atoms with E-state index in [9.17, 15) is 0 Å². The lowest BCUT2D eigenvalue weighted by Gasteiger charge is -2.19. The van der Waals surface area contributed by atoms with Gasteiger partial charge >= 0.3 is 0 Å². The predicted octanol–water partition coefficient (Wildman–Crippen LogP) is 9.70. The van der Waals surface area contributed by atoms with E-state index in [1.54, 1.807) is 0 Å². The number of hydrogen-bond donors (Lipinski definition) is 0.